The molecule has 1 fully saturated rings. The van der Waals surface area contributed by atoms with Gasteiger partial charge in [0.15, 0.2) is 0 Å². The number of carbonyl (C=O) groups excluding carboxylic acids is 2. The second kappa shape index (κ2) is 7.93. The molecule has 5 rings (SSSR count). The first-order valence-corrected chi connectivity index (χ1v) is 11.1. The quantitative estimate of drug-likeness (QED) is 0.344. The van der Waals surface area contributed by atoms with E-state index in [0.717, 1.165) is 34.4 Å². The lowest BCUT2D eigenvalue weighted by Gasteiger charge is -2.27. The Morgan fingerprint density at radius 2 is 1.76 bits per heavy atom. The number of hydrogen-bond acceptors (Lipinski definition) is 4. The van der Waals surface area contributed by atoms with E-state index in [1.807, 2.05) is 81.4 Å². The number of amides is 1. The summed E-state index contributed by atoms with van der Waals surface area (Å²) in [6.45, 7) is 5.90. The number of rotatable bonds is 3. The Labute approximate surface area is 192 Å². The summed E-state index contributed by atoms with van der Waals surface area (Å²) in [6, 6.07) is 19.8. The molecule has 0 aliphatic carbocycles. The van der Waals surface area contributed by atoms with Crippen LogP contribution in [0, 0.1) is 13.8 Å². The van der Waals surface area contributed by atoms with E-state index < -0.39 is 17.7 Å². The second-order valence-corrected chi connectivity index (χ2v) is 8.82. The molecule has 2 heterocycles. The number of benzene rings is 3. The van der Waals surface area contributed by atoms with Crippen LogP contribution in [0.2, 0.25) is 0 Å². The summed E-state index contributed by atoms with van der Waals surface area (Å²) in [6.07, 6.45) is 0.798. The van der Waals surface area contributed by atoms with Crippen molar-refractivity contribution in [2.24, 2.45) is 0 Å². The number of aliphatic hydroxyl groups is 1. The zero-order valence-electron chi connectivity index (χ0n) is 18.8. The first-order chi connectivity index (χ1) is 15.8. The zero-order chi connectivity index (χ0) is 23.3. The Kier molecular flexibility index (Phi) is 5.05. The Morgan fingerprint density at radius 1 is 1.00 bits per heavy atom. The average molecular weight is 440 g/mol. The van der Waals surface area contributed by atoms with E-state index in [2.05, 4.69) is 0 Å². The normalized spacial score (nSPS) is 21.2. The molecule has 1 amide bonds. The number of anilines is 1. The van der Waals surface area contributed by atoms with Crippen molar-refractivity contribution in [3.63, 3.8) is 0 Å². The summed E-state index contributed by atoms with van der Waals surface area (Å²) >= 11 is 0. The lowest BCUT2D eigenvalue weighted by Crippen LogP contribution is -2.30. The highest BCUT2D eigenvalue weighted by Gasteiger charge is 2.47. The minimum Gasteiger partial charge on any atom is -0.507 e. The number of Topliss-reactive ketones (excluding diaryl/α,β-unsaturated/α-hetero) is 1. The van der Waals surface area contributed by atoms with Crippen LogP contribution in [0.25, 0.3) is 5.76 Å². The summed E-state index contributed by atoms with van der Waals surface area (Å²) < 4.78 is 5.77. The molecule has 3 aromatic rings. The van der Waals surface area contributed by atoms with Gasteiger partial charge in [0, 0.05) is 17.7 Å². The van der Waals surface area contributed by atoms with Gasteiger partial charge in [-0.05, 0) is 61.7 Å². The van der Waals surface area contributed by atoms with Gasteiger partial charge in [-0.3, -0.25) is 14.5 Å². The summed E-state index contributed by atoms with van der Waals surface area (Å²) in [5, 5.41) is 11.4. The third-order valence-corrected chi connectivity index (χ3v) is 6.34. The molecule has 2 aliphatic rings. The number of carbonyl (C=O) groups is 2. The van der Waals surface area contributed by atoms with Crippen LogP contribution in [-0.4, -0.2) is 22.9 Å². The van der Waals surface area contributed by atoms with Gasteiger partial charge in [-0.15, -0.1) is 0 Å². The van der Waals surface area contributed by atoms with Crippen LogP contribution >= 0.6 is 0 Å². The minimum atomic E-state index is -0.726. The molecule has 33 heavy (non-hydrogen) atoms. The predicted molar refractivity (Wildman–Crippen MR) is 127 cm³/mol. The van der Waals surface area contributed by atoms with E-state index >= 15 is 0 Å². The maximum absolute atomic E-state index is 13.3. The lowest BCUT2D eigenvalue weighted by molar-refractivity contribution is -0.132. The van der Waals surface area contributed by atoms with E-state index in [-0.39, 0.29) is 17.4 Å². The van der Waals surface area contributed by atoms with Crippen molar-refractivity contribution in [2.45, 2.75) is 39.3 Å². The van der Waals surface area contributed by atoms with E-state index in [1.165, 1.54) is 4.90 Å². The van der Waals surface area contributed by atoms with E-state index in [9.17, 15) is 14.7 Å². The van der Waals surface area contributed by atoms with Crippen LogP contribution < -0.4 is 9.64 Å². The molecule has 166 valence electrons. The number of hydrogen-bond donors (Lipinski definition) is 1. The molecule has 1 N–H and O–H groups in total. The molecule has 5 heteroatoms. The van der Waals surface area contributed by atoms with Gasteiger partial charge in [0.2, 0.25) is 0 Å². The molecule has 2 atom stereocenters. The number of fused-ring (bicyclic) bond motifs is 1. The van der Waals surface area contributed by atoms with Crippen LogP contribution in [0.3, 0.4) is 0 Å². The van der Waals surface area contributed by atoms with Gasteiger partial charge in [0.1, 0.15) is 17.6 Å². The number of ketones is 1. The molecule has 3 aromatic carbocycles. The summed E-state index contributed by atoms with van der Waals surface area (Å²) in [5.74, 6) is -0.715. The smallest absolute Gasteiger partial charge is 0.300 e. The fraction of sp³-hybridized carbons (Fsp3) is 0.214. The van der Waals surface area contributed by atoms with Crippen LogP contribution in [0.1, 0.15) is 40.8 Å². The van der Waals surface area contributed by atoms with Gasteiger partial charge in [-0.1, -0.05) is 48.0 Å². The van der Waals surface area contributed by atoms with Crippen molar-refractivity contribution in [2.75, 3.05) is 4.90 Å². The number of aliphatic hydroxyl groups excluding tert-OH is 1. The molecule has 5 nitrogen and oxygen atoms in total. The van der Waals surface area contributed by atoms with Gasteiger partial charge in [0.05, 0.1) is 11.6 Å². The summed E-state index contributed by atoms with van der Waals surface area (Å²) in [7, 11) is 0. The Morgan fingerprint density at radius 3 is 2.48 bits per heavy atom. The minimum absolute atomic E-state index is 0.0665. The zero-order valence-corrected chi connectivity index (χ0v) is 18.8. The molecular weight excluding hydrogens is 414 g/mol. The van der Waals surface area contributed by atoms with Gasteiger partial charge in [-0.25, -0.2) is 0 Å². The highest BCUT2D eigenvalue weighted by molar-refractivity contribution is 6.51. The first-order valence-electron chi connectivity index (χ1n) is 11.1. The molecule has 0 bridgehead atoms. The molecule has 0 spiro atoms. The van der Waals surface area contributed by atoms with Crippen LogP contribution in [0.15, 0.2) is 72.3 Å². The Hall–Kier alpha value is -3.86. The molecule has 0 radical (unpaired) electrons. The maximum atomic E-state index is 13.3. The van der Waals surface area contributed by atoms with Gasteiger partial charge in [-0.2, -0.15) is 0 Å². The first kappa shape index (κ1) is 21.0. The van der Waals surface area contributed by atoms with Gasteiger partial charge >= 0.3 is 0 Å². The fourth-order valence-electron chi connectivity index (χ4n) is 4.83. The molecule has 2 unspecified atom stereocenters. The largest absolute Gasteiger partial charge is 0.507 e. The highest BCUT2D eigenvalue weighted by Crippen LogP contribution is 2.43. The molecular formula is C28H25NO4. The van der Waals surface area contributed by atoms with Crippen molar-refractivity contribution in [3.8, 4) is 5.75 Å². The van der Waals surface area contributed by atoms with Crippen molar-refractivity contribution < 1.29 is 19.4 Å². The molecule has 1 saturated heterocycles. The van der Waals surface area contributed by atoms with Crippen LogP contribution in [0.5, 0.6) is 5.75 Å². The topological polar surface area (TPSA) is 66.8 Å². The Bertz CT molecular complexity index is 1310. The van der Waals surface area contributed by atoms with Gasteiger partial charge in [0.25, 0.3) is 11.7 Å². The maximum Gasteiger partial charge on any atom is 0.300 e. The summed E-state index contributed by atoms with van der Waals surface area (Å²) in [5.41, 5.74) is 4.96. The van der Waals surface area contributed by atoms with Crippen LogP contribution in [-0.2, 0) is 16.0 Å². The van der Waals surface area contributed by atoms with Crippen molar-refractivity contribution in [3.05, 3.63) is 100 Å². The predicted octanol–water partition coefficient (Wildman–Crippen LogP) is 5.25. The SMILES string of the molecule is Cc1ccc(N2C(=O)C(=O)/C(=C(\O)c3ccc4c(c3)CC(C)O4)C2c2ccccc2)c(C)c1. The van der Waals surface area contributed by atoms with Crippen LogP contribution in [0.4, 0.5) is 5.69 Å². The van der Waals surface area contributed by atoms with Gasteiger partial charge < -0.3 is 9.84 Å². The standard InChI is InChI=1S/C28H25NO4/c1-16-9-11-22(17(2)13-16)29-25(19-7-5-4-6-8-19)24(27(31)28(29)32)26(30)20-10-12-23-21(15-20)14-18(3)33-23/h4-13,15,18,25,30H,14H2,1-3H3/b26-24-. The second-order valence-electron chi connectivity index (χ2n) is 8.82. The van der Waals surface area contributed by atoms with Crippen molar-refractivity contribution >= 4 is 23.1 Å². The fourth-order valence-corrected chi connectivity index (χ4v) is 4.83. The number of aryl methyl sites for hydroxylation is 2. The monoisotopic (exact) mass is 439 g/mol. The average Bonchev–Trinajstić information content (AvgIpc) is 3.30. The molecule has 0 saturated carbocycles. The number of ether oxygens (including phenoxy) is 1. The van der Waals surface area contributed by atoms with Crippen molar-refractivity contribution in [1.29, 1.82) is 0 Å². The third kappa shape index (κ3) is 3.50. The van der Waals surface area contributed by atoms with E-state index in [4.69, 9.17) is 4.74 Å². The van der Waals surface area contributed by atoms with E-state index in [0.29, 0.717) is 11.3 Å². The number of nitrogens with zero attached hydrogens (tertiary/aromatic N) is 1. The van der Waals surface area contributed by atoms with Crippen molar-refractivity contribution in [1.82, 2.24) is 0 Å². The molecule has 0 aromatic heterocycles. The molecule has 2 aliphatic heterocycles. The Balaban J connectivity index is 1.70. The third-order valence-electron chi connectivity index (χ3n) is 6.34. The lowest BCUT2D eigenvalue weighted by atomic mass is 9.94. The van der Waals surface area contributed by atoms with E-state index in [1.54, 1.807) is 6.07 Å². The summed E-state index contributed by atoms with van der Waals surface area (Å²) in [4.78, 5) is 28.1. The highest BCUT2D eigenvalue weighted by atomic mass is 16.5.